The van der Waals surface area contributed by atoms with Crippen molar-refractivity contribution in [1.82, 2.24) is 9.31 Å². The highest BCUT2D eigenvalue weighted by atomic mass is 32.2. The van der Waals surface area contributed by atoms with Crippen LogP contribution in [0, 0.1) is 0 Å². The Kier molecular flexibility index (Phi) is 4.33. The van der Waals surface area contributed by atoms with Gasteiger partial charge in [-0.1, -0.05) is 18.2 Å². The largest absolute Gasteiger partial charge is 0.463 e. The van der Waals surface area contributed by atoms with E-state index in [0.29, 0.717) is 22.2 Å². The first-order chi connectivity index (χ1) is 14.5. The number of carbonyl (C=O) groups is 2. The number of thiophene rings is 1. The van der Waals surface area contributed by atoms with Crippen LogP contribution in [0.3, 0.4) is 0 Å². The molecular formula is C20H15N3O5S2. The average Bonchev–Trinajstić information content (AvgIpc) is 3.52. The van der Waals surface area contributed by atoms with E-state index in [2.05, 4.69) is 5.10 Å². The van der Waals surface area contributed by atoms with Gasteiger partial charge in [-0.15, -0.1) is 11.3 Å². The first kappa shape index (κ1) is 18.8. The number of hydrazone groups is 1. The molecule has 0 spiro atoms. The first-order valence-electron chi connectivity index (χ1n) is 9.10. The summed E-state index contributed by atoms with van der Waals surface area (Å²) >= 11 is 1.48. The number of hydrogen-bond acceptors (Lipinski definition) is 7. The van der Waals surface area contributed by atoms with Crippen molar-refractivity contribution in [1.29, 1.82) is 0 Å². The van der Waals surface area contributed by atoms with E-state index in [1.165, 1.54) is 34.7 Å². The summed E-state index contributed by atoms with van der Waals surface area (Å²) in [6.45, 7) is -0.618. The van der Waals surface area contributed by atoms with Gasteiger partial charge in [0.1, 0.15) is 22.9 Å². The molecule has 10 heteroatoms. The Bertz CT molecular complexity index is 1260. The molecular weight excluding hydrogens is 426 g/mol. The van der Waals surface area contributed by atoms with Crippen LogP contribution in [0.4, 0.5) is 0 Å². The topological polar surface area (TPSA) is 100 Å². The van der Waals surface area contributed by atoms with Crippen molar-refractivity contribution < 1.29 is 22.4 Å². The summed E-state index contributed by atoms with van der Waals surface area (Å²) in [6, 6.07) is 12.8. The van der Waals surface area contributed by atoms with Gasteiger partial charge in [-0.05, 0) is 35.7 Å². The molecule has 2 aliphatic heterocycles. The second-order valence-electron chi connectivity index (χ2n) is 6.81. The minimum Gasteiger partial charge on any atom is -0.463 e. The van der Waals surface area contributed by atoms with Crippen LogP contribution in [-0.4, -0.2) is 41.8 Å². The number of benzene rings is 1. The number of carbonyl (C=O) groups excluding carboxylic acids is 2. The Labute approximate surface area is 176 Å². The van der Waals surface area contributed by atoms with E-state index in [1.807, 2.05) is 17.5 Å². The predicted molar refractivity (Wildman–Crippen MR) is 108 cm³/mol. The maximum absolute atomic E-state index is 13.1. The molecule has 2 aliphatic rings. The molecule has 0 aliphatic carbocycles. The number of amides is 2. The van der Waals surface area contributed by atoms with Gasteiger partial charge >= 0.3 is 0 Å². The van der Waals surface area contributed by atoms with Crippen LogP contribution < -0.4 is 0 Å². The Morgan fingerprint density at radius 2 is 2.00 bits per heavy atom. The van der Waals surface area contributed by atoms with E-state index in [4.69, 9.17) is 4.42 Å². The Hall–Kier alpha value is -3.24. The van der Waals surface area contributed by atoms with Gasteiger partial charge in [-0.3, -0.25) is 9.59 Å². The minimum absolute atomic E-state index is 0.0707. The lowest BCUT2D eigenvalue weighted by Crippen LogP contribution is -2.40. The van der Waals surface area contributed by atoms with E-state index in [1.54, 1.807) is 24.3 Å². The fraction of sp³-hybridized carbons (Fsp3) is 0.150. The standard InChI is InChI=1S/C20H15N3O5S2/c24-19(12-22-20(25)13-5-1-2-8-18(13)30(22,26)27)23-15(17-7-4-10-29-17)11-14(21-23)16-6-3-9-28-16/h1-10,15H,11-12H2. The molecule has 0 bridgehead atoms. The second-order valence-corrected chi connectivity index (χ2v) is 9.62. The zero-order valence-corrected chi connectivity index (χ0v) is 17.1. The van der Waals surface area contributed by atoms with E-state index >= 15 is 0 Å². The van der Waals surface area contributed by atoms with Crippen LogP contribution in [0.15, 0.2) is 74.6 Å². The van der Waals surface area contributed by atoms with E-state index in [0.717, 1.165) is 4.88 Å². The van der Waals surface area contributed by atoms with Gasteiger partial charge in [0.05, 0.1) is 17.9 Å². The number of hydrogen-bond donors (Lipinski definition) is 0. The Balaban J connectivity index is 1.46. The first-order valence-corrected chi connectivity index (χ1v) is 11.4. The smallest absolute Gasteiger partial charge is 0.269 e. The van der Waals surface area contributed by atoms with Crippen molar-refractivity contribution in [3.8, 4) is 0 Å². The maximum Gasteiger partial charge on any atom is 0.269 e. The van der Waals surface area contributed by atoms with Crippen LogP contribution in [0.25, 0.3) is 0 Å². The van der Waals surface area contributed by atoms with Crippen molar-refractivity contribution in [3.63, 3.8) is 0 Å². The maximum atomic E-state index is 13.1. The molecule has 152 valence electrons. The van der Waals surface area contributed by atoms with Gasteiger partial charge in [0.25, 0.3) is 21.8 Å². The van der Waals surface area contributed by atoms with Crippen molar-refractivity contribution in [2.45, 2.75) is 17.4 Å². The fourth-order valence-electron chi connectivity index (χ4n) is 3.62. The minimum atomic E-state index is -4.08. The SMILES string of the molecule is O=C(CN1C(=O)c2ccccc2S1(=O)=O)N1N=C(c2ccco2)CC1c1cccs1. The number of rotatable bonds is 4. The predicted octanol–water partition coefficient (Wildman–Crippen LogP) is 2.86. The molecule has 2 amide bonds. The number of sulfonamides is 1. The van der Waals surface area contributed by atoms with Gasteiger partial charge in [-0.2, -0.15) is 5.10 Å². The summed E-state index contributed by atoms with van der Waals surface area (Å²) in [5, 5.41) is 7.57. The van der Waals surface area contributed by atoms with Crippen LogP contribution in [0.5, 0.6) is 0 Å². The fourth-order valence-corrected chi connectivity index (χ4v) is 5.95. The third-order valence-corrected chi connectivity index (χ3v) is 7.79. The Morgan fingerprint density at radius 1 is 1.17 bits per heavy atom. The zero-order chi connectivity index (χ0) is 20.9. The van der Waals surface area contributed by atoms with Crippen molar-refractivity contribution >= 4 is 38.9 Å². The lowest BCUT2D eigenvalue weighted by Gasteiger charge is -2.23. The molecule has 1 atom stereocenters. The monoisotopic (exact) mass is 441 g/mol. The number of fused-ring (bicyclic) bond motifs is 1. The molecule has 0 radical (unpaired) electrons. The summed E-state index contributed by atoms with van der Waals surface area (Å²) in [6.07, 6.45) is 1.95. The molecule has 0 fully saturated rings. The molecule has 1 unspecified atom stereocenters. The quantitative estimate of drug-likeness (QED) is 0.620. The van der Waals surface area contributed by atoms with Crippen LogP contribution >= 0.6 is 11.3 Å². The molecule has 0 saturated carbocycles. The van der Waals surface area contributed by atoms with E-state index in [-0.39, 0.29) is 16.5 Å². The molecule has 0 N–H and O–H groups in total. The van der Waals surface area contributed by atoms with Crippen LogP contribution in [-0.2, 0) is 14.8 Å². The van der Waals surface area contributed by atoms with Gasteiger partial charge in [-0.25, -0.2) is 17.7 Å². The van der Waals surface area contributed by atoms with Gasteiger partial charge in [0, 0.05) is 11.3 Å². The summed E-state index contributed by atoms with van der Waals surface area (Å²) in [7, 11) is -4.08. The highest BCUT2D eigenvalue weighted by Crippen LogP contribution is 2.36. The second kappa shape index (κ2) is 6.92. The molecule has 1 aromatic carbocycles. The third kappa shape index (κ3) is 2.87. The lowest BCUT2D eigenvalue weighted by molar-refractivity contribution is -0.132. The molecule has 0 saturated heterocycles. The Morgan fingerprint density at radius 3 is 2.70 bits per heavy atom. The summed E-state index contributed by atoms with van der Waals surface area (Å²) in [4.78, 5) is 26.6. The molecule has 8 nitrogen and oxygen atoms in total. The molecule has 2 aromatic heterocycles. The molecule has 30 heavy (non-hydrogen) atoms. The summed E-state index contributed by atoms with van der Waals surface area (Å²) in [5.74, 6) is -0.745. The highest BCUT2D eigenvalue weighted by molar-refractivity contribution is 7.90. The molecule has 5 rings (SSSR count). The molecule has 4 heterocycles. The summed E-state index contributed by atoms with van der Waals surface area (Å²) < 4.78 is 31.6. The summed E-state index contributed by atoms with van der Waals surface area (Å²) in [5.41, 5.74) is 0.659. The van der Waals surface area contributed by atoms with Crippen molar-refractivity contribution in [2.75, 3.05) is 6.54 Å². The average molecular weight is 441 g/mol. The van der Waals surface area contributed by atoms with E-state index in [9.17, 15) is 18.0 Å². The van der Waals surface area contributed by atoms with Crippen molar-refractivity contribution in [2.24, 2.45) is 5.10 Å². The number of nitrogens with zero attached hydrogens (tertiary/aromatic N) is 3. The highest BCUT2D eigenvalue weighted by Gasteiger charge is 2.44. The third-order valence-electron chi connectivity index (χ3n) is 5.03. The normalized spacial score (nSPS) is 19.8. The van der Waals surface area contributed by atoms with Crippen molar-refractivity contribution in [3.05, 3.63) is 76.4 Å². The molecule has 3 aromatic rings. The van der Waals surface area contributed by atoms with Gasteiger partial charge in [0.15, 0.2) is 0 Å². The number of furan rings is 1. The lowest BCUT2D eigenvalue weighted by atomic mass is 10.1. The van der Waals surface area contributed by atoms with Crippen LogP contribution in [0.1, 0.15) is 33.5 Å². The van der Waals surface area contributed by atoms with Crippen LogP contribution in [0.2, 0.25) is 0 Å². The van der Waals surface area contributed by atoms with Gasteiger partial charge in [0.2, 0.25) is 0 Å². The van der Waals surface area contributed by atoms with Gasteiger partial charge < -0.3 is 4.42 Å². The zero-order valence-electron chi connectivity index (χ0n) is 15.5. The van der Waals surface area contributed by atoms with E-state index < -0.39 is 28.4 Å².